The SMILES string of the molecule is CCc1nc(CC(=O)Nc2cc(-c3nnco3)ccc2C)cs1. The van der Waals surface area contributed by atoms with E-state index in [1.807, 2.05) is 30.5 Å². The molecule has 1 aromatic carbocycles. The topological polar surface area (TPSA) is 80.9 Å². The molecule has 0 bridgehead atoms. The molecule has 0 saturated heterocycles. The van der Waals surface area contributed by atoms with Gasteiger partial charge in [0.05, 0.1) is 17.1 Å². The van der Waals surface area contributed by atoms with Gasteiger partial charge < -0.3 is 9.73 Å². The number of thiazole rings is 1. The normalized spacial score (nSPS) is 10.7. The van der Waals surface area contributed by atoms with Crippen LogP contribution in [0.3, 0.4) is 0 Å². The van der Waals surface area contributed by atoms with E-state index in [4.69, 9.17) is 4.42 Å². The number of anilines is 1. The minimum atomic E-state index is -0.0938. The zero-order valence-corrected chi connectivity index (χ0v) is 13.7. The van der Waals surface area contributed by atoms with Crippen LogP contribution in [0, 0.1) is 6.92 Å². The van der Waals surface area contributed by atoms with Gasteiger partial charge in [-0.3, -0.25) is 4.79 Å². The first kappa shape index (κ1) is 15.4. The van der Waals surface area contributed by atoms with Crippen molar-refractivity contribution in [3.05, 3.63) is 46.2 Å². The van der Waals surface area contributed by atoms with E-state index in [1.165, 1.54) is 6.39 Å². The largest absolute Gasteiger partial charge is 0.423 e. The molecule has 0 fully saturated rings. The van der Waals surface area contributed by atoms with Gasteiger partial charge in [0, 0.05) is 16.6 Å². The van der Waals surface area contributed by atoms with Crippen molar-refractivity contribution in [2.45, 2.75) is 26.7 Å². The van der Waals surface area contributed by atoms with Crippen LogP contribution in [-0.2, 0) is 17.6 Å². The van der Waals surface area contributed by atoms with E-state index in [-0.39, 0.29) is 12.3 Å². The summed E-state index contributed by atoms with van der Waals surface area (Å²) < 4.78 is 5.19. The van der Waals surface area contributed by atoms with Gasteiger partial charge in [0.15, 0.2) is 0 Å². The van der Waals surface area contributed by atoms with Crippen molar-refractivity contribution in [3.8, 4) is 11.5 Å². The number of rotatable bonds is 5. The number of aromatic nitrogens is 3. The molecule has 3 aromatic rings. The van der Waals surface area contributed by atoms with Crippen LogP contribution in [0.25, 0.3) is 11.5 Å². The molecule has 0 saturated carbocycles. The van der Waals surface area contributed by atoms with E-state index in [1.54, 1.807) is 11.3 Å². The van der Waals surface area contributed by atoms with Crippen molar-refractivity contribution in [2.75, 3.05) is 5.32 Å². The van der Waals surface area contributed by atoms with Gasteiger partial charge >= 0.3 is 0 Å². The summed E-state index contributed by atoms with van der Waals surface area (Å²) in [6.45, 7) is 3.99. The highest BCUT2D eigenvalue weighted by atomic mass is 32.1. The third-order valence-corrected chi connectivity index (χ3v) is 4.40. The number of hydrogen-bond acceptors (Lipinski definition) is 6. The van der Waals surface area contributed by atoms with Gasteiger partial charge in [-0.05, 0) is 31.0 Å². The molecule has 2 heterocycles. The second-order valence-corrected chi connectivity index (χ2v) is 6.03. The summed E-state index contributed by atoms with van der Waals surface area (Å²) in [5, 5.41) is 13.4. The maximum absolute atomic E-state index is 12.2. The minimum Gasteiger partial charge on any atom is -0.423 e. The first-order valence-corrected chi connectivity index (χ1v) is 8.14. The third kappa shape index (κ3) is 3.62. The van der Waals surface area contributed by atoms with Crippen molar-refractivity contribution >= 4 is 22.9 Å². The van der Waals surface area contributed by atoms with E-state index in [0.29, 0.717) is 5.89 Å². The number of nitrogens with zero attached hydrogens (tertiary/aromatic N) is 3. The molecular weight excluding hydrogens is 312 g/mol. The van der Waals surface area contributed by atoms with E-state index in [2.05, 4.69) is 27.4 Å². The van der Waals surface area contributed by atoms with Crippen LogP contribution in [0.1, 0.15) is 23.2 Å². The minimum absolute atomic E-state index is 0.0938. The lowest BCUT2D eigenvalue weighted by Gasteiger charge is -2.09. The van der Waals surface area contributed by atoms with Gasteiger partial charge in [0.1, 0.15) is 0 Å². The molecule has 0 radical (unpaired) electrons. The molecule has 2 aromatic heterocycles. The standard InChI is InChI=1S/C16H16N4O2S/c1-3-15-18-12(8-23-15)7-14(21)19-13-6-11(5-4-10(13)2)16-20-17-9-22-16/h4-6,8-9H,3,7H2,1-2H3,(H,19,21). The summed E-state index contributed by atoms with van der Waals surface area (Å²) in [7, 11) is 0. The monoisotopic (exact) mass is 328 g/mol. The van der Waals surface area contributed by atoms with Crippen molar-refractivity contribution in [1.82, 2.24) is 15.2 Å². The van der Waals surface area contributed by atoms with Crippen LogP contribution < -0.4 is 5.32 Å². The highest BCUT2D eigenvalue weighted by Crippen LogP contribution is 2.24. The second kappa shape index (κ2) is 6.70. The van der Waals surface area contributed by atoms with E-state index < -0.39 is 0 Å². The highest BCUT2D eigenvalue weighted by Gasteiger charge is 2.11. The van der Waals surface area contributed by atoms with Crippen molar-refractivity contribution in [1.29, 1.82) is 0 Å². The quantitative estimate of drug-likeness (QED) is 0.777. The number of amides is 1. The fourth-order valence-electron chi connectivity index (χ4n) is 2.14. The Kier molecular flexibility index (Phi) is 4.47. The molecule has 0 spiro atoms. The number of hydrogen-bond donors (Lipinski definition) is 1. The summed E-state index contributed by atoms with van der Waals surface area (Å²) >= 11 is 1.58. The van der Waals surface area contributed by atoms with E-state index in [9.17, 15) is 4.79 Å². The molecule has 23 heavy (non-hydrogen) atoms. The van der Waals surface area contributed by atoms with Crippen LogP contribution in [-0.4, -0.2) is 21.1 Å². The Morgan fingerprint density at radius 2 is 2.26 bits per heavy atom. The van der Waals surface area contributed by atoms with Gasteiger partial charge in [0.2, 0.25) is 18.2 Å². The van der Waals surface area contributed by atoms with Gasteiger partial charge in [-0.2, -0.15) is 0 Å². The number of aryl methyl sites for hydroxylation is 2. The van der Waals surface area contributed by atoms with Crippen molar-refractivity contribution in [2.24, 2.45) is 0 Å². The van der Waals surface area contributed by atoms with Crippen LogP contribution in [0.5, 0.6) is 0 Å². The van der Waals surface area contributed by atoms with Crippen molar-refractivity contribution in [3.63, 3.8) is 0 Å². The lowest BCUT2D eigenvalue weighted by molar-refractivity contribution is -0.115. The maximum atomic E-state index is 12.2. The maximum Gasteiger partial charge on any atom is 0.247 e. The molecule has 7 heteroatoms. The first-order valence-electron chi connectivity index (χ1n) is 7.26. The second-order valence-electron chi connectivity index (χ2n) is 5.08. The zero-order valence-electron chi connectivity index (χ0n) is 12.9. The average Bonchev–Trinajstić information content (AvgIpc) is 3.20. The van der Waals surface area contributed by atoms with Gasteiger partial charge in [0.25, 0.3) is 0 Å². The lowest BCUT2D eigenvalue weighted by Crippen LogP contribution is -2.15. The van der Waals surface area contributed by atoms with Crippen LogP contribution in [0.15, 0.2) is 34.4 Å². The summed E-state index contributed by atoms with van der Waals surface area (Å²) in [6, 6.07) is 5.62. The molecule has 0 aliphatic heterocycles. The van der Waals surface area contributed by atoms with Gasteiger partial charge in [-0.1, -0.05) is 13.0 Å². The number of carbonyl (C=O) groups is 1. The van der Waals surface area contributed by atoms with Crippen molar-refractivity contribution < 1.29 is 9.21 Å². The Hall–Kier alpha value is -2.54. The lowest BCUT2D eigenvalue weighted by atomic mass is 10.1. The summed E-state index contributed by atoms with van der Waals surface area (Å²) in [5.74, 6) is 0.330. The Balaban J connectivity index is 1.73. The molecule has 0 aliphatic rings. The van der Waals surface area contributed by atoms with E-state index >= 15 is 0 Å². The Morgan fingerprint density at radius 1 is 1.39 bits per heavy atom. The van der Waals surface area contributed by atoms with Gasteiger partial charge in [-0.25, -0.2) is 4.98 Å². The molecule has 0 atom stereocenters. The Labute approximate surface area is 137 Å². The molecular formula is C16H16N4O2S. The van der Waals surface area contributed by atoms with E-state index in [0.717, 1.165) is 33.9 Å². The number of carbonyl (C=O) groups excluding carboxylic acids is 1. The summed E-state index contributed by atoms with van der Waals surface area (Å²) in [6.07, 6.45) is 2.43. The molecule has 118 valence electrons. The molecule has 6 nitrogen and oxygen atoms in total. The zero-order chi connectivity index (χ0) is 16.2. The number of nitrogens with one attached hydrogen (secondary N) is 1. The Bertz CT molecular complexity index is 811. The summed E-state index contributed by atoms with van der Waals surface area (Å²) in [5.41, 5.74) is 3.27. The predicted molar refractivity (Wildman–Crippen MR) is 88.3 cm³/mol. The molecule has 1 amide bonds. The molecule has 3 rings (SSSR count). The highest BCUT2D eigenvalue weighted by molar-refractivity contribution is 7.09. The summed E-state index contributed by atoms with van der Waals surface area (Å²) in [4.78, 5) is 16.6. The smallest absolute Gasteiger partial charge is 0.247 e. The van der Waals surface area contributed by atoms with Crippen LogP contribution >= 0.6 is 11.3 Å². The predicted octanol–water partition coefficient (Wildman–Crippen LogP) is 3.25. The third-order valence-electron chi connectivity index (χ3n) is 3.36. The fourth-order valence-corrected chi connectivity index (χ4v) is 2.88. The molecule has 0 unspecified atom stereocenters. The Morgan fingerprint density at radius 3 is 2.96 bits per heavy atom. The first-order chi connectivity index (χ1) is 11.2. The number of benzene rings is 1. The molecule has 1 N–H and O–H groups in total. The molecule has 0 aliphatic carbocycles. The van der Waals surface area contributed by atoms with Crippen LogP contribution in [0.4, 0.5) is 5.69 Å². The van der Waals surface area contributed by atoms with Crippen LogP contribution in [0.2, 0.25) is 0 Å². The van der Waals surface area contributed by atoms with Gasteiger partial charge in [-0.15, -0.1) is 21.5 Å². The average molecular weight is 328 g/mol. The fraction of sp³-hybridized carbons (Fsp3) is 0.250.